The predicted octanol–water partition coefficient (Wildman–Crippen LogP) is 4.66. The zero-order valence-corrected chi connectivity index (χ0v) is 18.8. The second-order valence-corrected chi connectivity index (χ2v) is 8.09. The maximum Gasteiger partial charge on any atom is 0.249 e. The first-order valence-electron chi connectivity index (χ1n) is 11.3. The Labute approximate surface area is 194 Å². The lowest BCUT2D eigenvalue weighted by Gasteiger charge is -2.27. The van der Waals surface area contributed by atoms with Crippen molar-refractivity contribution in [2.75, 3.05) is 6.61 Å². The summed E-state index contributed by atoms with van der Waals surface area (Å²) in [6.45, 7) is 2.80. The van der Waals surface area contributed by atoms with Crippen LogP contribution in [0, 0.1) is 0 Å². The van der Waals surface area contributed by atoms with Crippen molar-refractivity contribution in [3.05, 3.63) is 100 Å². The highest BCUT2D eigenvalue weighted by Gasteiger charge is 2.23. The smallest absolute Gasteiger partial charge is 0.249 e. The fourth-order valence-electron chi connectivity index (χ4n) is 4.67. The van der Waals surface area contributed by atoms with Gasteiger partial charge in [-0.2, -0.15) is 0 Å². The van der Waals surface area contributed by atoms with Gasteiger partial charge in [0, 0.05) is 5.56 Å². The first kappa shape index (κ1) is 22.3. The number of benzene rings is 3. The van der Waals surface area contributed by atoms with Gasteiger partial charge in [0.1, 0.15) is 5.76 Å². The van der Waals surface area contributed by atoms with Crippen molar-refractivity contribution in [1.82, 2.24) is 0 Å². The second-order valence-electron chi connectivity index (χ2n) is 8.09. The molecule has 4 N–H and O–H groups in total. The summed E-state index contributed by atoms with van der Waals surface area (Å²) in [7, 11) is 0. The van der Waals surface area contributed by atoms with Crippen LogP contribution in [-0.2, 0) is 24.0 Å². The van der Waals surface area contributed by atoms with Crippen LogP contribution in [0.25, 0.3) is 16.9 Å². The molecule has 3 aromatic carbocycles. The molecule has 0 aromatic heterocycles. The third-order valence-electron chi connectivity index (χ3n) is 6.13. The minimum atomic E-state index is -0.649. The lowest BCUT2D eigenvalue weighted by Crippen LogP contribution is -2.20. The van der Waals surface area contributed by atoms with Crippen molar-refractivity contribution in [1.29, 1.82) is 0 Å². The van der Waals surface area contributed by atoms with Crippen LogP contribution in [0.5, 0.6) is 0 Å². The Kier molecular flexibility index (Phi) is 6.59. The number of aryl methyl sites for hydroxylation is 1. The molecular weight excluding hydrogens is 412 g/mol. The van der Waals surface area contributed by atoms with Gasteiger partial charge in [-0.25, -0.2) is 0 Å². The van der Waals surface area contributed by atoms with Gasteiger partial charge in [0.25, 0.3) is 0 Å². The minimum Gasteiger partial charge on any atom is -0.494 e. The molecule has 0 heterocycles. The fraction of sp³-hybridized carbons (Fsp3) is 0.214. The Morgan fingerprint density at radius 3 is 2.03 bits per heavy atom. The van der Waals surface area contributed by atoms with E-state index in [0.29, 0.717) is 0 Å². The van der Waals surface area contributed by atoms with Crippen molar-refractivity contribution >= 4 is 17.6 Å². The highest BCUT2D eigenvalue weighted by Crippen LogP contribution is 2.40. The van der Waals surface area contributed by atoms with E-state index in [1.807, 2.05) is 0 Å². The number of allylic oxidation sites excluding steroid dienone is 1. The molecule has 2 aliphatic carbocycles. The van der Waals surface area contributed by atoms with Gasteiger partial charge >= 0.3 is 0 Å². The molecule has 5 rings (SSSR count). The predicted molar refractivity (Wildman–Crippen MR) is 131 cm³/mol. The molecule has 5 heteroatoms. The molecule has 0 saturated carbocycles. The number of hydrogen-bond acceptors (Lipinski definition) is 3. The number of ether oxygens (including phenoxy) is 1. The van der Waals surface area contributed by atoms with E-state index >= 15 is 0 Å². The lowest BCUT2D eigenvalue weighted by atomic mass is 9.79. The molecule has 0 saturated heterocycles. The monoisotopic (exact) mass is 440 g/mol. The Bertz CT molecular complexity index is 1210. The maximum absolute atomic E-state index is 10.7. The zero-order valence-electron chi connectivity index (χ0n) is 18.8. The third-order valence-corrected chi connectivity index (χ3v) is 6.13. The van der Waals surface area contributed by atoms with Gasteiger partial charge in [-0.3, -0.25) is 9.59 Å². The average molecular weight is 441 g/mol. The van der Waals surface area contributed by atoms with Crippen LogP contribution >= 0.6 is 0 Å². The fourth-order valence-corrected chi connectivity index (χ4v) is 4.67. The summed E-state index contributed by atoms with van der Waals surface area (Å²) in [5, 5.41) is 0. The molecule has 0 spiro atoms. The highest BCUT2D eigenvalue weighted by molar-refractivity contribution is 6.06. The molecule has 168 valence electrons. The summed E-state index contributed by atoms with van der Waals surface area (Å²) in [6, 6.07) is 19.5. The summed E-state index contributed by atoms with van der Waals surface area (Å²) >= 11 is 0. The van der Waals surface area contributed by atoms with Crippen LogP contribution in [0.2, 0.25) is 0 Å². The SMILES string of the molecule is CCOC1=CCCc2c1ccc1c2CCc2ccccc2-1.NC(=O)c1ccccc1C(N)=O. The number of fused-ring (bicyclic) bond motifs is 5. The minimum absolute atomic E-state index is 0.157. The highest BCUT2D eigenvalue weighted by atomic mass is 16.5. The molecule has 5 nitrogen and oxygen atoms in total. The molecular formula is C28H28N2O3. The number of carbonyl (C=O) groups is 2. The number of rotatable bonds is 4. The summed E-state index contributed by atoms with van der Waals surface area (Å²) in [4.78, 5) is 21.5. The van der Waals surface area contributed by atoms with E-state index in [-0.39, 0.29) is 11.1 Å². The zero-order chi connectivity index (χ0) is 23.4. The standard InChI is InChI=1S/C20H20O.C8H8N2O2/c1-2-21-20-9-5-8-16-18-11-10-14-6-3-4-7-15(14)17(18)12-13-19(16)20;9-7(11)5-3-1-2-4-6(5)8(10)12/h3-4,6-7,9,12-13H,2,5,8,10-11H2,1H3;1-4H,(H2,9,11)(H2,10,12). The largest absolute Gasteiger partial charge is 0.494 e. The lowest BCUT2D eigenvalue weighted by molar-refractivity contribution is 0.0967. The molecule has 0 bridgehead atoms. The summed E-state index contributed by atoms with van der Waals surface area (Å²) < 4.78 is 5.83. The second kappa shape index (κ2) is 9.74. The summed E-state index contributed by atoms with van der Waals surface area (Å²) in [5.41, 5.74) is 19.1. The van der Waals surface area contributed by atoms with E-state index in [1.54, 1.807) is 17.7 Å². The maximum atomic E-state index is 10.7. The van der Waals surface area contributed by atoms with Gasteiger partial charge in [0.15, 0.2) is 0 Å². The van der Waals surface area contributed by atoms with Crippen LogP contribution in [-0.4, -0.2) is 18.4 Å². The van der Waals surface area contributed by atoms with E-state index < -0.39 is 11.8 Å². The molecule has 2 amide bonds. The average Bonchev–Trinajstić information content (AvgIpc) is 2.84. The Morgan fingerprint density at radius 2 is 1.36 bits per heavy atom. The van der Waals surface area contributed by atoms with Crippen molar-refractivity contribution in [3.8, 4) is 11.1 Å². The normalized spacial score (nSPS) is 13.3. The first-order chi connectivity index (χ1) is 16.0. The molecule has 0 atom stereocenters. The number of amides is 2. The molecule has 3 aromatic rings. The van der Waals surface area contributed by atoms with Gasteiger partial charge in [0.05, 0.1) is 17.7 Å². The molecule has 33 heavy (non-hydrogen) atoms. The van der Waals surface area contributed by atoms with Crippen LogP contribution in [0.15, 0.2) is 66.7 Å². The van der Waals surface area contributed by atoms with E-state index in [2.05, 4.69) is 49.4 Å². The van der Waals surface area contributed by atoms with Gasteiger partial charge in [-0.1, -0.05) is 48.5 Å². The Hall–Kier alpha value is -3.86. The topological polar surface area (TPSA) is 95.4 Å². The number of primary amides is 2. The van der Waals surface area contributed by atoms with Crippen LogP contribution in [0.3, 0.4) is 0 Å². The van der Waals surface area contributed by atoms with Gasteiger partial charge in [0.2, 0.25) is 11.8 Å². The van der Waals surface area contributed by atoms with Gasteiger partial charge in [-0.15, -0.1) is 0 Å². The Balaban J connectivity index is 0.000000185. The quantitative estimate of drug-likeness (QED) is 0.618. The van der Waals surface area contributed by atoms with Crippen molar-refractivity contribution in [2.24, 2.45) is 11.5 Å². The van der Waals surface area contributed by atoms with Crippen LogP contribution in [0.4, 0.5) is 0 Å². The number of carbonyl (C=O) groups excluding carboxylic acids is 2. The van der Waals surface area contributed by atoms with Crippen LogP contribution in [0.1, 0.15) is 56.3 Å². The van der Waals surface area contributed by atoms with E-state index in [0.717, 1.165) is 38.0 Å². The van der Waals surface area contributed by atoms with E-state index in [4.69, 9.17) is 16.2 Å². The molecule has 2 aliphatic rings. The third kappa shape index (κ3) is 4.53. The molecule has 0 fully saturated rings. The molecule has 0 unspecified atom stereocenters. The van der Waals surface area contributed by atoms with Gasteiger partial charge in [-0.05, 0) is 78.6 Å². The molecule has 0 aliphatic heterocycles. The Morgan fingerprint density at radius 1 is 0.758 bits per heavy atom. The van der Waals surface area contributed by atoms with Crippen molar-refractivity contribution in [3.63, 3.8) is 0 Å². The first-order valence-corrected chi connectivity index (χ1v) is 11.3. The van der Waals surface area contributed by atoms with E-state index in [9.17, 15) is 9.59 Å². The van der Waals surface area contributed by atoms with Crippen molar-refractivity contribution < 1.29 is 14.3 Å². The van der Waals surface area contributed by atoms with E-state index in [1.165, 1.54) is 39.9 Å². The number of hydrogen-bond donors (Lipinski definition) is 2. The number of nitrogens with two attached hydrogens (primary N) is 2. The summed E-state index contributed by atoms with van der Waals surface area (Å²) in [5.74, 6) is -0.214. The van der Waals surface area contributed by atoms with Gasteiger partial charge < -0.3 is 16.2 Å². The van der Waals surface area contributed by atoms with Crippen LogP contribution < -0.4 is 11.5 Å². The molecule has 0 radical (unpaired) electrons. The summed E-state index contributed by atoms with van der Waals surface area (Å²) in [6.07, 6.45) is 6.81. The van der Waals surface area contributed by atoms with Crippen molar-refractivity contribution in [2.45, 2.75) is 32.6 Å².